The molecule has 0 unspecified atom stereocenters. The first-order valence-electron chi connectivity index (χ1n) is 2.48. The van der Waals surface area contributed by atoms with Gasteiger partial charge in [0.05, 0.1) is 0 Å². The molecule has 1 rings (SSSR count). The number of hydrogen-bond donors (Lipinski definition) is 0. The predicted octanol–water partition coefficient (Wildman–Crippen LogP) is -0.293. The standard InChI is InChI=1S/C6H6NO2/c1-9-7-5-3-2-4-6(7)8/h3-5H,1H3. The van der Waals surface area contributed by atoms with E-state index < -0.39 is 0 Å². The Balaban J connectivity index is 3.16. The van der Waals surface area contributed by atoms with Crippen molar-refractivity contribution in [1.82, 2.24) is 4.73 Å². The van der Waals surface area contributed by atoms with Crippen LogP contribution in [0.4, 0.5) is 0 Å². The van der Waals surface area contributed by atoms with Gasteiger partial charge < -0.3 is 4.84 Å². The van der Waals surface area contributed by atoms with E-state index in [4.69, 9.17) is 0 Å². The largest absolute Gasteiger partial charge is 0.414 e. The normalized spacial score (nSPS) is 9.00. The Morgan fingerprint density at radius 2 is 2.56 bits per heavy atom. The molecule has 3 heteroatoms. The Morgan fingerprint density at radius 1 is 1.78 bits per heavy atom. The van der Waals surface area contributed by atoms with E-state index in [1.807, 2.05) is 0 Å². The minimum atomic E-state index is -0.208. The van der Waals surface area contributed by atoms with Gasteiger partial charge in [0.1, 0.15) is 7.11 Å². The SMILES string of the molecule is COn1cc[c]cc1=O. The third-order valence-electron chi connectivity index (χ3n) is 0.927. The summed E-state index contributed by atoms with van der Waals surface area (Å²) in [4.78, 5) is 15.3. The van der Waals surface area contributed by atoms with Gasteiger partial charge in [-0.3, -0.25) is 4.79 Å². The van der Waals surface area contributed by atoms with E-state index in [9.17, 15) is 4.79 Å². The van der Waals surface area contributed by atoms with Crippen LogP contribution in [-0.4, -0.2) is 11.8 Å². The Bertz CT molecular complexity index is 241. The molecule has 0 bridgehead atoms. The summed E-state index contributed by atoms with van der Waals surface area (Å²) in [6.45, 7) is 0. The van der Waals surface area contributed by atoms with Crippen LogP contribution in [0, 0.1) is 6.07 Å². The Hall–Kier alpha value is -1.25. The van der Waals surface area contributed by atoms with E-state index in [-0.39, 0.29) is 5.56 Å². The average molecular weight is 124 g/mol. The molecule has 0 atom stereocenters. The summed E-state index contributed by atoms with van der Waals surface area (Å²) in [5.41, 5.74) is -0.208. The van der Waals surface area contributed by atoms with Crippen molar-refractivity contribution in [3.63, 3.8) is 0 Å². The molecule has 1 heterocycles. The number of hydrogen-bond acceptors (Lipinski definition) is 2. The molecule has 0 aromatic carbocycles. The van der Waals surface area contributed by atoms with Gasteiger partial charge in [0.15, 0.2) is 0 Å². The first-order valence-corrected chi connectivity index (χ1v) is 2.48. The zero-order valence-corrected chi connectivity index (χ0v) is 5.00. The van der Waals surface area contributed by atoms with Gasteiger partial charge >= 0.3 is 0 Å². The van der Waals surface area contributed by atoms with E-state index in [1.165, 1.54) is 19.4 Å². The lowest BCUT2D eigenvalue weighted by Crippen LogP contribution is -2.22. The molecule has 9 heavy (non-hydrogen) atoms. The summed E-state index contributed by atoms with van der Waals surface area (Å²) in [5.74, 6) is 0. The zero-order chi connectivity index (χ0) is 6.69. The molecule has 3 nitrogen and oxygen atoms in total. The maximum absolute atomic E-state index is 10.7. The molecule has 0 spiro atoms. The Morgan fingerprint density at radius 3 is 3.00 bits per heavy atom. The Labute approximate surface area is 52.5 Å². The molecule has 0 saturated carbocycles. The molecule has 47 valence electrons. The van der Waals surface area contributed by atoms with Gasteiger partial charge in [0.25, 0.3) is 5.56 Å². The molecule has 0 fully saturated rings. The highest BCUT2D eigenvalue weighted by Gasteiger charge is 1.86. The zero-order valence-electron chi connectivity index (χ0n) is 5.00. The third-order valence-corrected chi connectivity index (χ3v) is 0.927. The van der Waals surface area contributed by atoms with Crippen LogP contribution < -0.4 is 10.4 Å². The topological polar surface area (TPSA) is 31.2 Å². The molecule has 1 radical (unpaired) electrons. The molecule has 1 aromatic heterocycles. The third kappa shape index (κ3) is 1.10. The average Bonchev–Trinajstić information content (AvgIpc) is 1.89. The van der Waals surface area contributed by atoms with Gasteiger partial charge in [-0.05, 0) is 12.1 Å². The van der Waals surface area contributed by atoms with Crippen molar-refractivity contribution < 1.29 is 4.84 Å². The molecule has 0 amide bonds. The smallest absolute Gasteiger partial charge is 0.283 e. The van der Waals surface area contributed by atoms with E-state index in [1.54, 1.807) is 6.07 Å². The highest BCUT2D eigenvalue weighted by Crippen LogP contribution is 1.73. The molecular weight excluding hydrogens is 118 g/mol. The lowest BCUT2D eigenvalue weighted by molar-refractivity contribution is 0.157. The summed E-state index contributed by atoms with van der Waals surface area (Å²) < 4.78 is 1.12. The summed E-state index contributed by atoms with van der Waals surface area (Å²) in [5, 5.41) is 0. The highest BCUT2D eigenvalue weighted by molar-refractivity contribution is 4.88. The van der Waals surface area contributed by atoms with E-state index in [2.05, 4.69) is 10.9 Å². The van der Waals surface area contributed by atoms with Gasteiger partial charge in [0, 0.05) is 12.3 Å². The fourth-order valence-corrected chi connectivity index (χ4v) is 0.518. The van der Waals surface area contributed by atoms with Crippen molar-refractivity contribution in [1.29, 1.82) is 0 Å². The molecule has 0 saturated heterocycles. The van der Waals surface area contributed by atoms with Crippen LogP contribution >= 0.6 is 0 Å². The fourth-order valence-electron chi connectivity index (χ4n) is 0.518. The van der Waals surface area contributed by atoms with Crippen LogP contribution in [0.25, 0.3) is 0 Å². The van der Waals surface area contributed by atoms with E-state index in [0.717, 1.165) is 4.73 Å². The first kappa shape index (κ1) is 5.88. The molecule has 0 N–H and O–H groups in total. The van der Waals surface area contributed by atoms with Gasteiger partial charge in [-0.15, -0.1) is 0 Å². The van der Waals surface area contributed by atoms with Gasteiger partial charge in [0.2, 0.25) is 0 Å². The second-order valence-electron chi connectivity index (χ2n) is 1.47. The van der Waals surface area contributed by atoms with E-state index in [0.29, 0.717) is 0 Å². The minimum absolute atomic E-state index is 0.208. The van der Waals surface area contributed by atoms with Crippen LogP contribution in [0.3, 0.4) is 0 Å². The van der Waals surface area contributed by atoms with Crippen LogP contribution in [0.2, 0.25) is 0 Å². The summed E-state index contributed by atoms with van der Waals surface area (Å²) in [6, 6.07) is 5.53. The molecule has 1 aromatic rings. The second-order valence-corrected chi connectivity index (χ2v) is 1.47. The monoisotopic (exact) mass is 124 g/mol. The van der Waals surface area contributed by atoms with Crippen molar-refractivity contribution in [2.24, 2.45) is 0 Å². The van der Waals surface area contributed by atoms with Gasteiger partial charge in [-0.25, -0.2) is 0 Å². The lowest BCUT2D eigenvalue weighted by atomic mass is 10.5. The molecule has 0 aliphatic carbocycles. The van der Waals surface area contributed by atoms with Crippen molar-refractivity contribution >= 4 is 0 Å². The highest BCUT2D eigenvalue weighted by atomic mass is 16.6. The summed E-state index contributed by atoms with van der Waals surface area (Å²) in [6.07, 6.45) is 1.50. The van der Waals surface area contributed by atoms with Crippen molar-refractivity contribution in [3.8, 4) is 0 Å². The van der Waals surface area contributed by atoms with Gasteiger partial charge in [-0.2, -0.15) is 4.73 Å². The maximum atomic E-state index is 10.7. The first-order chi connectivity index (χ1) is 4.34. The summed E-state index contributed by atoms with van der Waals surface area (Å²) in [7, 11) is 1.43. The lowest BCUT2D eigenvalue weighted by Gasteiger charge is -1.98. The van der Waals surface area contributed by atoms with Crippen LogP contribution in [-0.2, 0) is 0 Å². The number of rotatable bonds is 1. The van der Waals surface area contributed by atoms with Crippen molar-refractivity contribution in [3.05, 3.63) is 34.7 Å². The number of nitrogens with zero attached hydrogens (tertiary/aromatic N) is 1. The van der Waals surface area contributed by atoms with Crippen molar-refractivity contribution in [2.45, 2.75) is 0 Å². The van der Waals surface area contributed by atoms with E-state index >= 15 is 0 Å². The minimum Gasteiger partial charge on any atom is -0.414 e. The second kappa shape index (κ2) is 2.35. The molecular formula is C6H6NO2. The number of aromatic nitrogens is 1. The van der Waals surface area contributed by atoms with Crippen molar-refractivity contribution in [2.75, 3.05) is 7.11 Å². The summed E-state index contributed by atoms with van der Waals surface area (Å²) >= 11 is 0. The van der Waals surface area contributed by atoms with Crippen LogP contribution in [0.1, 0.15) is 0 Å². The maximum Gasteiger partial charge on any atom is 0.283 e. The van der Waals surface area contributed by atoms with Crippen LogP contribution in [0.5, 0.6) is 0 Å². The fraction of sp³-hybridized carbons (Fsp3) is 0.167. The van der Waals surface area contributed by atoms with Crippen LogP contribution in [0.15, 0.2) is 23.1 Å². The quantitative estimate of drug-likeness (QED) is 0.515. The Kier molecular flexibility index (Phi) is 1.53. The van der Waals surface area contributed by atoms with Gasteiger partial charge in [-0.1, -0.05) is 0 Å². The number of pyridine rings is 1. The molecule has 0 aliphatic rings. The molecule has 0 aliphatic heterocycles. The predicted molar refractivity (Wildman–Crippen MR) is 32.0 cm³/mol.